The van der Waals surface area contributed by atoms with Crippen molar-refractivity contribution in [1.82, 2.24) is 19.6 Å². The Morgan fingerprint density at radius 1 is 0.516 bits per heavy atom. The summed E-state index contributed by atoms with van der Waals surface area (Å²) in [6, 6.07) is 0. The molecule has 3 rings (SSSR count). The highest BCUT2D eigenvalue weighted by Gasteiger charge is 2.27. The van der Waals surface area contributed by atoms with Gasteiger partial charge in [-0.3, -0.25) is 14.7 Å². The van der Waals surface area contributed by atoms with Gasteiger partial charge in [0.1, 0.15) is 0 Å². The van der Waals surface area contributed by atoms with Crippen LogP contribution in [0.3, 0.4) is 0 Å². The summed E-state index contributed by atoms with van der Waals surface area (Å²) in [6.45, 7) is 33.1. The van der Waals surface area contributed by atoms with Crippen LogP contribution in [0.4, 0.5) is 0 Å². The molecule has 0 N–H and O–H groups in total. The van der Waals surface area contributed by atoms with Gasteiger partial charge >= 0.3 is 0 Å². The van der Waals surface area contributed by atoms with Crippen molar-refractivity contribution >= 4 is 0 Å². The highest BCUT2D eigenvalue weighted by atomic mass is 15.3. The summed E-state index contributed by atoms with van der Waals surface area (Å²) in [5.41, 5.74) is 1.16. The maximum Gasteiger partial charge on any atom is 0.0126 e. The maximum atomic E-state index is 2.58. The van der Waals surface area contributed by atoms with E-state index >= 15 is 0 Å². The molecule has 0 aromatic carbocycles. The van der Waals surface area contributed by atoms with E-state index in [4.69, 9.17) is 0 Å². The van der Waals surface area contributed by atoms with Crippen molar-refractivity contribution in [1.29, 1.82) is 0 Å². The molecule has 0 aromatic heterocycles. The number of nitrogens with zero attached hydrogens (tertiary/aromatic N) is 4. The zero-order valence-electron chi connectivity index (χ0n) is 23.4. The van der Waals surface area contributed by atoms with Crippen LogP contribution in [0.5, 0.6) is 0 Å². The van der Waals surface area contributed by atoms with Gasteiger partial charge in [-0.1, -0.05) is 13.3 Å². The van der Waals surface area contributed by atoms with Crippen LogP contribution in [-0.4, -0.2) is 95.6 Å². The van der Waals surface area contributed by atoms with E-state index in [-0.39, 0.29) is 0 Å². The summed E-state index contributed by atoms with van der Waals surface area (Å²) >= 11 is 0. The number of piperazine rings is 1. The van der Waals surface area contributed by atoms with Crippen LogP contribution >= 0.6 is 0 Å². The molecule has 3 fully saturated rings. The highest BCUT2D eigenvalue weighted by Crippen LogP contribution is 2.23. The number of hydrogen-bond donors (Lipinski definition) is 0. The third kappa shape index (κ3) is 11.5. The van der Waals surface area contributed by atoms with Crippen LogP contribution in [0, 0.1) is 5.92 Å². The molecule has 0 amide bonds. The van der Waals surface area contributed by atoms with E-state index in [0.717, 1.165) is 5.92 Å². The molecule has 4 nitrogen and oxygen atoms in total. The van der Waals surface area contributed by atoms with Crippen molar-refractivity contribution in [3.05, 3.63) is 0 Å². The molecule has 0 bridgehead atoms. The second kappa shape index (κ2) is 12.3. The summed E-state index contributed by atoms with van der Waals surface area (Å²) in [5.74, 6) is 0.916. The summed E-state index contributed by atoms with van der Waals surface area (Å²) in [6.07, 6.45) is 5.62. The molecule has 3 heterocycles. The van der Waals surface area contributed by atoms with Gasteiger partial charge in [0, 0.05) is 49.3 Å². The zero-order chi connectivity index (χ0) is 23.9. The third-order valence-corrected chi connectivity index (χ3v) is 7.13. The Hall–Kier alpha value is -0.160. The van der Waals surface area contributed by atoms with Gasteiger partial charge in [0.15, 0.2) is 0 Å². The van der Waals surface area contributed by atoms with Crippen molar-refractivity contribution in [2.75, 3.05) is 59.4 Å². The van der Waals surface area contributed by atoms with E-state index in [1.807, 2.05) is 0 Å². The van der Waals surface area contributed by atoms with E-state index in [1.165, 1.54) is 78.0 Å². The molecule has 3 aliphatic heterocycles. The molecular formula is C27H58N4. The first kappa shape index (κ1) is 28.9. The fourth-order valence-corrected chi connectivity index (χ4v) is 4.59. The summed E-state index contributed by atoms with van der Waals surface area (Å²) in [5, 5.41) is 0. The molecule has 4 heteroatoms. The van der Waals surface area contributed by atoms with Crippen LogP contribution in [0.1, 0.15) is 94.9 Å². The normalized spacial score (nSPS) is 25.5. The lowest BCUT2D eigenvalue weighted by Gasteiger charge is -2.41. The summed E-state index contributed by atoms with van der Waals surface area (Å²) < 4.78 is 0. The number of hydrogen-bond acceptors (Lipinski definition) is 4. The molecule has 0 radical (unpaired) electrons. The lowest BCUT2D eigenvalue weighted by molar-refractivity contribution is 0.0735. The number of piperidine rings is 1. The zero-order valence-corrected chi connectivity index (χ0v) is 23.4. The van der Waals surface area contributed by atoms with E-state index in [9.17, 15) is 0 Å². The van der Waals surface area contributed by atoms with E-state index in [0.29, 0.717) is 16.6 Å². The van der Waals surface area contributed by atoms with Gasteiger partial charge in [0.05, 0.1) is 0 Å². The first-order valence-corrected chi connectivity index (χ1v) is 13.0. The Kier molecular flexibility index (Phi) is 11.5. The number of likely N-dealkylation sites (N-methyl/N-ethyl adjacent to an activating group) is 1. The van der Waals surface area contributed by atoms with Gasteiger partial charge in [-0.15, -0.1) is 0 Å². The molecule has 1 atom stereocenters. The topological polar surface area (TPSA) is 13.0 Å². The fourth-order valence-electron chi connectivity index (χ4n) is 4.59. The average Bonchev–Trinajstić information content (AvgIpc) is 3.09. The first-order chi connectivity index (χ1) is 14.1. The standard InChI is InChI=1S/C9H20N2.2C9H19N/c1-9(2,3)11-7-5-10(4)6-8-11;1-8-5-6-10(7-8)9(2,3)4;1-9(2,3)10-7-5-4-6-8-10/h5-8H2,1-4H3;8H,5-7H2,1-4H3;4-8H2,1-3H3. The lowest BCUT2D eigenvalue weighted by atomic mass is 10.0. The smallest absolute Gasteiger partial charge is 0.0126 e. The minimum absolute atomic E-state index is 0.362. The summed E-state index contributed by atoms with van der Waals surface area (Å²) in [7, 11) is 2.19. The molecule has 31 heavy (non-hydrogen) atoms. The van der Waals surface area contributed by atoms with E-state index in [1.54, 1.807) is 0 Å². The fraction of sp³-hybridized carbons (Fsp3) is 1.00. The maximum absolute atomic E-state index is 2.58. The second-order valence-corrected chi connectivity index (χ2v) is 13.2. The monoisotopic (exact) mass is 438 g/mol. The first-order valence-electron chi connectivity index (χ1n) is 13.0. The highest BCUT2D eigenvalue weighted by molar-refractivity contribution is 4.83. The van der Waals surface area contributed by atoms with Gasteiger partial charge < -0.3 is 4.90 Å². The van der Waals surface area contributed by atoms with Crippen LogP contribution in [0.25, 0.3) is 0 Å². The van der Waals surface area contributed by atoms with E-state index in [2.05, 4.69) is 95.9 Å². The van der Waals surface area contributed by atoms with Crippen molar-refractivity contribution in [3.63, 3.8) is 0 Å². The van der Waals surface area contributed by atoms with Crippen LogP contribution < -0.4 is 0 Å². The van der Waals surface area contributed by atoms with Crippen LogP contribution in [0.15, 0.2) is 0 Å². The molecule has 186 valence electrons. The molecule has 3 aliphatic rings. The van der Waals surface area contributed by atoms with Crippen LogP contribution in [0.2, 0.25) is 0 Å². The van der Waals surface area contributed by atoms with Crippen molar-refractivity contribution in [3.8, 4) is 0 Å². The molecule has 1 unspecified atom stereocenters. The molecule has 0 spiro atoms. The lowest BCUT2D eigenvalue weighted by Crippen LogP contribution is -2.52. The predicted molar refractivity (Wildman–Crippen MR) is 139 cm³/mol. The minimum atomic E-state index is 0.362. The van der Waals surface area contributed by atoms with Crippen LogP contribution in [-0.2, 0) is 0 Å². The quantitative estimate of drug-likeness (QED) is 0.500. The Morgan fingerprint density at radius 3 is 1.23 bits per heavy atom. The molecule has 0 aromatic rings. The number of rotatable bonds is 0. The summed E-state index contributed by atoms with van der Waals surface area (Å²) in [4.78, 5) is 10.1. The Labute approximate surface area is 196 Å². The van der Waals surface area contributed by atoms with Gasteiger partial charge in [0.25, 0.3) is 0 Å². The Balaban J connectivity index is 0.000000233. The van der Waals surface area contributed by atoms with Crippen molar-refractivity contribution in [2.24, 2.45) is 5.92 Å². The minimum Gasteiger partial charge on any atom is -0.304 e. The van der Waals surface area contributed by atoms with Crippen molar-refractivity contribution in [2.45, 2.75) is 112 Å². The second-order valence-electron chi connectivity index (χ2n) is 13.2. The van der Waals surface area contributed by atoms with Crippen molar-refractivity contribution < 1.29 is 0 Å². The predicted octanol–water partition coefficient (Wildman–Crippen LogP) is 5.43. The third-order valence-electron chi connectivity index (χ3n) is 7.13. The Bertz CT molecular complexity index is 454. The van der Waals surface area contributed by atoms with Gasteiger partial charge in [-0.05, 0) is 114 Å². The largest absolute Gasteiger partial charge is 0.304 e. The van der Waals surface area contributed by atoms with E-state index < -0.39 is 0 Å². The van der Waals surface area contributed by atoms with Gasteiger partial charge in [-0.25, -0.2) is 0 Å². The molecular weight excluding hydrogens is 380 g/mol. The molecule has 3 saturated heterocycles. The van der Waals surface area contributed by atoms with Gasteiger partial charge in [0.2, 0.25) is 0 Å². The van der Waals surface area contributed by atoms with Gasteiger partial charge in [-0.2, -0.15) is 0 Å². The molecule has 0 aliphatic carbocycles. The molecule has 0 saturated carbocycles. The number of likely N-dealkylation sites (tertiary alicyclic amines) is 2. The Morgan fingerprint density at radius 2 is 0.935 bits per heavy atom. The SMILES string of the molecule is CC(C)(C)N1CCCCC1.CC1CCN(C(C)(C)C)C1.CN1CCN(C(C)(C)C)CC1. The average molecular weight is 439 g/mol.